The highest BCUT2D eigenvalue weighted by molar-refractivity contribution is 5.75. The van der Waals surface area contributed by atoms with Gasteiger partial charge in [0.1, 0.15) is 11.9 Å². The molecule has 1 fully saturated rings. The Morgan fingerprint density at radius 3 is 2.78 bits per heavy atom. The number of hydrogen-bond acceptors (Lipinski definition) is 4. The van der Waals surface area contributed by atoms with Gasteiger partial charge in [-0.05, 0) is 12.0 Å². The highest BCUT2D eigenvalue weighted by atomic mass is 19.4. The van der Waals surface area contributed by atoms with Crippen LogP contribution >= 0.6 is 0 Å². The fourth-order valence-corrected chi connectivity index (χ4v) is 2.91. The summed E-state index contributed by atoms with van der Waals surface area (Å²) in [7, 11) is 0. The number of halogens is 3. The van der Waals surface area contributed by atoms with Crippen LogP contribution in [0.1, 0.15) is 24.1 Å². The quantitative estimate of drug-likeness (QED) is 0.850. The van der Waals surface area contributed by atoms with Gasteiger partial charge in [-0.3, -0.25) is 0 Å². The van der Waals surface area contributed by atoms with Gasteiger partial charge in [0.2, 0.25) is 0 Å². The Morgan fingerprint density at radius 2 is 2.09 bits per heavy atom. The minimum absolute atomic E-state index is 0.0180. The van der Waals surface area contributed by atoms with Gasteiger partial charge in [0, 0.05) is 38.8 Å². The van der Waals surface area contributed by atoms with Gasteiger partial charge in [-0.2, -0.15) is 13.2 Å². The molecule has 2 aliphatic rings. The van der Waals surface area contributed by atoms with E-state index in [1.165, 1.54) is 11.2 Å². The number of alkyl halides is 3. The Kier molecular flexibility index (Phi) is 4.13. The summed E-state index contributed by atoms with van der Waals surface area (Å²) in [6.07, 6.45) is -1.47. The van der Waals surface area contributed by atoms with Gasteiger partial charge in [-0.15, -0.1) is 0 Å². The molecular formula is C14H17F3N4O2. The van der Waals surface area contributed by atoms with E-state index in [9.17, 15) is 18.0 Å². The molecule has 6 nitrogen and oxygen atoms in total. The number of ether oxygens (including phenoxy) is 1. The Bertz CT molecular complexity index is 588. The molecule has 0 unspecified atom stereocenters. The monoisotopic (exact) mass is 330 g/mol. The van der Waals surface area contributed by atoms with Crippen LogP contribution < -0.4 is 5.32 Å². The molecule has 0 saturated carbocycles. The van der Waals surface area contributed by atoms with Crippen molar-refractivity contribution in [3.8, 4) is 0 Å². The summed E-state index contributed by atoms with van der Waals surface area (Å²) >= 11 is 0. The number of amides is 2. The van der Waals surface area contributed by atoms with Gasteiger partial charge in [-0.1, -0.05) is 0 Å². The SMILES string of the molecule is O=C(NC1(C(F)(F)F)CCOCC1)N1CCc2cncnc2C1. The maximum absolute atomic E-state index is 13.5. The first-order chi connectivity index (χ1) is 10.9. The van der Waals surface area contributed by atoms with Crippen LogP contribution in [0, 0.1) is 0 Å². The Morgan fingerprint density at radius 1 is 1.35 bits per heavy atom. The van der Waals surface area contributed by atoms with Gasteiger partial charge >= 0.3 is 12.2 Å². The number of fused-ring (bicyclic) bond motifs is 1. The van der Waals surface area contributed by atoms with E-state index < -0.39 is 17.7 Å². The van der Waals surface area contributed by atoms with Crippen molar-refractivity contribution in [3.63, 3.8) is 0 Å². The second-order valence-electron chi connectivity index (χ2n) is 5.79. The Labute approximate surface area is 131 Å². The van der Waals surface area contributed by atoms with Crippen molar-refractivity contribution in [3.05, 3.63) is 23.8 Å². The fourth-order valence-electron chi connectivity index (χ4n) is 2.91. The van der Waals surface area contributed by atoms with Gasteiger partial charge < -0.3 is 15.0 Å². The maximum Gasteiger partial charge on any atom is 0.411 e. The van der Waals surface area contributed by atoms with Crippen molar-refractivity contribution in [1.29, 1.82) is 0 Å². The number of rotatable bonds is 1. The number of carbonyl (C=O) groups is 1. The zero-order chi connectivity index (χ0) is 16.5. The molecule has 9 heteroatoms. The van der Waals surface area contributed by atoms with Crippen molar-refractivity contribution in [1.82, 2.24) is 20.2 Å². The fraction of sp³-hybridized carbons (Fsp3) is 0.643. The molecule has 0 aromatic carbocycles. The molecule has 126 valence electrons. The van der Waals surface area contributed by atoms with E-state index in [1.54, 1.807) is 6.20 Å². The third-order valence-corrected chi connectivity index (χ3v) is 4.40. The second kappa shape index (κ2) is 5.95. The lowest BCUT2D eigenvalue weighted by atomic mass is 9.89. The molecule has 0 radical (unpaired) electrons. The van der Waals surface area contributed by atoms with Crippen molar-refractivity contribution >= 4 is 6.03 Å². The van der Waals surface area contributed by atoms with E-state index in [1.807, 2.05) is 0 Å². The first-order valence-corrected chi connectivity index (χ1v) is 7.41. The van der Waals surface area contributed by atoms with E-state index in [0.717, 1.165) is 5.56 Å². The van der Waals surface area contributed by atoms with E-state index in [-0.39, 0.29) is 32.6 Å². The van der Waals surface area contributed by atoms with Gasteiger partial charge in [-0.25, -0.2) is 14.8 Å². The molecule has 0 atom stereocenters. The highest BCUT2D eigenvalue weighted by Gasteiger charge is 2.56. The molecule has 23 heavy (non-hydrogen) atoms. The molecule has 1 aromatic rings. The molecule has 3 rings (SSSR count). The van der Waals surface area contributed by atoms with Crippen LogP contribution in [0.4, 0.5) is 18.0 Å². The predicted octanol–water partition coefficient (Wildman–Crippen LogP) is 1.66. The summed E-state index contributed by atoms with van der Waals surface area (Å²) in [5, 5.41) is 2.21. The van der Waals surface area contributed by atoms with Crippen molar-refractivity contribution < 1.29 is 22.7 Å². The van der Waals surface area contributed by atoms with Crippen LogP contribution in [0.15, 0.2) is 12.5 Å². The molecule has 1 saturated heterocycles. The van der Waals surface area contributed by atoms with E-state index in [2.05, 4.69) is 15.3 Å². The molecular weight excluding hydrogens is 313 g/mol. The first kappa shape index (κ1) is 16.0. The van der Waals surface area contributed by atoms with E-state index in [4.69, 9.17) is 4.74 Å². The van der Waals surface area contributed by atoms with Crippen molar-refractivity contribution in [2.45, 2.75) is 37.5 Å². The molecule has 0 aliphatic carbocycles. The zero-order valence-corrected chi connectivity index (χ0v) is 12.4. The average Bonchev–Trinajstić information content (AvgIpc) is 2.54. The van der Waals surface area contributed by atoms with Crippen LogP contribution in [0.25, 0.3) is 0 Å². The molecule has 1 aromatic heterocycles. The standard InChI is InChI=1S/C14H17F3N4O2/c15-14(16,17)13(2-5-23-6-3-13)20-12(22)21-4-1-10-7-18-9-19-11(10)8-21/h7,9H,1-6,8H2,(H,20,22). The maximum atomic E-state index is 13.5. The van der Waals surface area contributed by atoms with Crippen LogP contribution in [0.2, 0.25) is 0 Å². The summed E-state index contributed by atoms with van der Waals surface area (Å²) in [6, 6.07) is -0.714. The van der Waals surface area contributed by atoms with Crippen LogP contribution in [-0.4, -0.2) is 52.4 Å². The normalized spacial score (nSPS) is 20.7. The summed E-state index contributed by atoms with van der Waals surface area (Å²) in [6.45, 7) is 0.496. The number of aromatic nitrogens is 2. The predicted molar refractivity (Wildman–Crippen MR) is 73.5 cm³/mol. The number of nitrogens with one attached hydrogen (secondary N) is 1. The Hall–Kier alpha value is -1.90. The summed E-state index contributed by atoms with van der Waals surface area (Å²) in [5.74, 6) is 0. The first-order valence-electron chi connectivity index (χ1n) is 7.41. The lowest BCUT2D eigenvalue weighted by Gasteiger charge is -2.41. The van der Waals surface area contributed by atoms with Gasteiger partial charge in [0.25, 0.3) is 0 Å². The molecule has 2 aliphatic heterocycles. The molecule has 0 bridgehead atoms. The van der Waals surface area contributed by atoms with Crippen LogP contribution in [-0.2, 0) is 17.7 Å². The smallest absolute Gasteiger partial charge is 0.381 e. The average molecular weight is 330 g/mol. The number of urea groups is 1. The lowest BCUT2D eigenvalue weighted by molar-refractivity contribution is -0.213. The van der Waals surface area contributed by atoms with Crippen LogP contribution in [0.3, 0.4) is 0 Å². The van der Waals surface area contributed by atoms with Gasteiger partial charge in [0.15, 0.2) is 0 Å². The molecule has 2 amide bonds. The van der Waals surface area contributed by atoms with Crippen molar-refractivity contribution in [2.24, 2.45) is 0 Å². The number of carbonyl (C=O) groups excluding carboxylic acids is 1. The van der Waals surface area contributed by atoms with Crippen LogP contribution in [0.5, 0.6) is 0 Å². The number of hydrogen-bond donors (Lipinski definition) is 1. The summed E-state index contributed by atoms with van der Waals surface area (Å²) in [5.41, 5.74) is -0.614. The minimum atomic E-state index is -4.51. The topological polar surface area (TPSA) is 67.3 Å². The third-order valence-electron chi connectivity index (χ3n) is 4.40. The number of nitrogens with zero attached hydrogens (tertiary/aromatic N) is 3. The van der Waals surface area contributed by atoms with Crippen molar-refractivity contribution in [2.75, 3.05) is 19.8 Å². The second-order valence-corrected chi connectivity index (χ2v) is 5.79. The minimum Gasteiger partial charge on any atom is -0.381 e. The van der Waals surface area contributed by atoms with Gasteiger partial charge in [0.05, 0.1) is 12.2 Å². The summed E-state index contributed by atoms with van der Waals surface area (Å²) < 4.78 is 45.4. The highest BCUT2D eigenvalue weighted by Crippen LogP contribution is 2.38. The lowest BCUT2D eigenvalue weighted by Crippen LogP contribution is -2.63. The molecule has 1 N–H and O–H groups in total. The third kappa shape index (κ3) is 3.10. The summed E-state index contributed by atoms with van der Waals surface area (Å²) in [4.78, 5) is 21.7. The molecule has 3 heterocycles. The van der Waals surface area contributed by atoms with E-state index >= 15 is 0 Å². The van der Waals surface area contributed by atoms with E-state index in [0.29, 0.717) is 18.7 Å². The zero-order valence-electron chi connectivity index (χ0n) is 12.4. The largest absolute Gasteiger partial charge is 0.411 e. The Balaban J connectivity index is 1.73. The molecule has 0 spiro atoms.